The molecule has 14 heteroatoms. The number of methoxy groups -OCH3 is 1. The Bertz CT molecular complexity index is 1450. The summed E-state index contributed by atoms with van der Waals surface area (Å²) < 4.78 is 17.3. The van der Waals surface area contributed by atoms with Crippen molar-refractivity contribution in [1.29, 1.82) is 0 Å². The normalized spacial score (nSPS) is 10.7. The molecule has 4 rings (SSSR count). The molecule has 3 heterocycles. The summed E-state index contributed by atoms with van der Waals surface area (Å²) in [5.41, 5.74) is 5.45. The topological polar surface area (TPSA) is 176 Å². The summed E-state index contributed by atoms with van der Waals surface area (Å²) in [5.74, 6) is -1.54. The Labute approximate surface area is 207 Å². The van der Waals surface area contributed by atoms with Gasteiger partial charge in [-0.1, -0.05) is 29.5 Å². The zero-order valence-electron chi connectivity index (χ0n) is 19.2. The number of benzene rings is 1. The molecular formula is C22H21N7O6S. The first-order chi connectivity index (χ1) is 17.4. The number of hydrogen-bond donors (Lipinski definition) is 3. The Morgan fingerprint density at radius 3 is 2.64 bits per heavy atom. The van der Waals surface area contributed by atoms with Gasteiger partial charge in [0.05, 0.1) is 18.4 Å². The minimum Gasteiger partial charge on any atom is -0.483 e. The van der Waals surface area contributed by atoms with Gasteiger partial charge in [-0.05, 0) is 12.1 Å². The van der Waals surface area contributed by atoms with E-state index in [1.54, 1.807) is 30.3 Å². The van der Waals surface area contributed by atoms with Crippen LogP contribution in [-0.2, 0) is 9.53 Å². The molecule has 2 amide bonds. The number of rotatable bonds is 10. The van der Waals surface area contributed by atoms with E-state index < -0.39 is 17.3 Å². The third-order valence-corrected chi connectivity index (χ3v) is 5.56. The fourth-order valence-corrected chi connectivity index (χ4v) is 4.04. The predicted molar refractivity (Wildman–Crippen MR) is 131 cm³/mol. The number of nitrogens with zero attached hydrogens (tertiary/aromatic N) is 4. The molecule has 3 aromatic heterocycles. The van der Waals surface area contributed by atoms with Crippen LogP contribution in [0.25, 0.3) is 15.7 Å². The van der Waals surface area contributed by atoms with Crippen LogP contribution in [0, 0.1) is 0 Å². The van der Waals surface area contributed by atoms with Gasteiger partial charge >= 0.3 is 5.63 Å². The van der Waals surface area contributed by atoms with Crippen LogP contribution >= 0.6 is 11.3 Å². The minimum atomic E-state index is -0.989. The van der Waals surface area contributed by atoms with Crippen molar-refractivity contribution in [3.8, 4) is 21.5 Å². The second-order valence-corrected chi connectivity index (χ2v) is 8.15. The van der Waals surface area contributed by atoms with Crippen LogP contribution in [0.15, 0.2) is 51.8 Å². The van der Waals surface area contributed by atoms with Crippen LogP contribution in [0.4, 0.5) is 17.2 Å². The molecule has 13 nitrogen and oxygen atoms in total. The second-order valence-electron chi connectivity index (χ2n) is 7.19. The summed E-state index contributed by atoms with van der Waals surface area (Å²) in [6, 6.07) is 10.5. The minimum absolute atomic E-state index is 0.0365. The van der Waals surface area contributed by atoms with E-state index in [4.69, 9.17) is 19.6 Å². The van der Waals surface area contributed by atoms with Crippen LogP contribution in [0.1, 0.15) is 17.5 Å². The van der Waals surface area contributed by atoms with E-state index in [-0.39, 0.29) is 46.3 Å². The number of hydrogen-bond acceptors (Lipinski definition) is 11. The zero-order chi connectivity index (χ0) is 25.7. The number of para-hydroxylation sites is 1. The molecule has 0 aliphatic heterocycles. The van der Waals surface area contributed by atoms with Crippen molar-refractivity contribution in [2.75, 3.05) is 31.0 Å². The van der Waals surface area contributed by atoms with Gasteiger partial charge in [0.25, 0.3) is 5.91 Å². The lowest BCUT2D eigenvalue weighted by atomic mass is 10.1. The van der Waals surface area contributed by atoms with Crippen LogP contribution in [-0.4, -0.2) is 52.1 Å². The molecule has 0 unspecified atom stereocenters. The third-order valence-electron chi connectivity index (χ3n) is 4.64. The van der Waals surface area contributed by atoms with Gasteiger partial charge < -0.3 is 30.3 Å². The fourth-order valence-electron chi connectivity index (χ4n) is 3.17. The first-order valence-electron chi connectivity index (χ1n) is 10.5. The SMILES string of the molecule is COCCOc1c(Nc2ccccc2)c(-c2nnc(-n3nccc3NC(C)=O)s2)c(C(N)=O)oc1=O. The summed E-state index contributed by atoms with van der Waals surface area (Å²) in [6.45, 7) is 1.60. The highest BCUT2D eigenvalue weighted by Gasteiger charge is 2.28. The fraction of sp³-hybridized carbons (Fsp3) is 0.182. The average Bonchev–Trinajstić information content (AvgIpc) is 3.50. The highest BCUT2D eigenvalue weighted by atomic mass is 32.1. The van der Waals surface area contributed by atoms with Gasteiger partial charge in [-0.3, -0.25) is 9.59 Å². The maximum absolute atomic E-state index is 12.8. The van der Waals surface area contributed by atoms with Gasteiger partial charge in [0.2, 0.25) is 22.5 Å². The van der Waals surface area contributed by atoms with E-state index in [0.717, 1.165) is 11.3 Å². The zero-order valence-corrected chi connectivity index (χ0v) is 20.0. The number of nitrogens with one attached hydrogen (secondary N) is 2. The standard InChI is InChI=1S/C22H21N7O6S/c1-12(30)25-14-8-9-24-29(14)22-28-27-20(36-22)15-16(26-13-6-4-3-5-7-13)18(34-11-10-33-2)21(32)35-17(15)19(23)31/h3-9,26H,10-11H2,1-2H3,(H2,23,31)(H,25,30). The molecular weight excluding hydrogens is 490 g/mol. The molecule has 0 aliphatic carbocycles. The van der Waals surface area contributed by atoms with Gasteiger partial charge in [-0.2, -0.15) is 9.78 Å². The van der Waals surface area contributed by atoms with Crippen molar-refractivity contribution in [1.82, 2.24) is 20.0 Å². The monoisotopic (exact) mass is 511 g/mol. The molecule has 0 aliphatic rings. The maximum Gasteiger partial charge on any atom is 0.381 e. The van der Waals surface area contributed by atoms with Crippen molar-refractivity contribution in [3.63, 3.8) is 0 Å². The molecule has 0 fully saturated rings. The van der Waals surface area contributed by atoms with Crippen molar-refractivity contribution < 1.29 is 23.5 Å². The molecule has 0 radical (unpaired) electrons. The number of anilines is 3. The number of carbonyl (C=O) groups excluding carboxylic acids is 2. The first kappa shape index (κ1) is 24.6. The molecule has 36 heavy (non-hydrogen) atoms. The Morgan fingerprint density at radius 2 is 1.94 bits per heavy atom. The third kappa shape index (κ3) is 5.24. The number of primary amides is 1. The van der Waals surface area contributed by atoms with Gasteiger partial charge in [0.1, 0.15) is 18.1 Å². The summed E-state index contributed by atoms with van der Waals surface area (Å²) in [4.78, 5) is 36.7. The van der Waals surface area contributed by atoms with E-state index in [9.17, 15) is 14.4 Å². The van der Waals surface area contributed by atoms with Crippen molar-refractivity contribution >= 4 is 40.3 Å². The Hall–Kier alpha value is -4.56. The molecule has 0 bridgehead atoms. The first-order valence-corrected chi connectivity index (χ1v) is 11.3. The highest BCUT2D eigenvalue weighted by Crippen LogP contribution is 2.40. The molecule has 0 spiro atoms. The summed E-state index contributed by atoms with van der Waals surface area (Å²) in [5, 5.41) is 18.7. The number of amides is 2. The van der Waals surface area contributed by atoms with Gasteiger partial charge in [0, 0.05) is 25.8 Å². The molecule has 4 N–H and O–H groups in total. The summed E-state index contributed by atoms with van der Waals surface area (Å²) in [6.07, 6.45) is 1.48. The van der Waals surface area contributed by atoms with Crippen molar-refractivity contribution in [3.05, 3.63) is 58.8 Å². The molecule has 4 aromatic rings. The van der Waals surface area contributed by atoms with Gasteiger partial charge in [-0.15, -0.1) is 10.2 Å². The van der Waals surface area contributed by atoms with Crippen molar-refractivity contribution in [2.24, 2.45) is 5.73 Å². The highest BCUT2D eigenvalue weighted by molar-refractivity contribution is 7.17. The maximum atomic E-state index is 12.8. The van der Waals surface area contributed by atoms with E-state index in [2.05, 4.69) is 25.9 Å². The largest absolute Gasteiger partial charge is 0.483 e. The second kappa shape index (κ2) is 10.8. The smallest absolute Gasteiger partial charge is 0.381 e. The van der Waals surface area contributed by atoms with Crippen LogP contribution < -0.4 is 26.7 Å². The summed E-state index contributed by atoms with van der Waals surface area (Å²) in [7, 11) is 1.49. The molecule has 0 saturated heterocycles. The Balaban J connectivity index is 1.89. The quantitative estimate of drug-likeness (QED) is 0.267. The lowest BCUT2D eigenvalue weighted by molar-refractivity contribution is -0.114. The van der Waals surface area contributed by atoms with E-state index in [1.165, 1.54) is 24.9 Å². The van der Waals surface area contributed by atoms with Crippen molar-refractivity contribution in [2.45, 2.75) is 6.92 Å². The lowest BCUT2D eigenvalue weighted by Crippen LogP contribution is -2.20. The number of aromatic nitrogens is 4. The number of ether oxygens (including phenoxy) is 2. The average molecular weight is 512 g/mol. The number of nitrogens with two attached hydrogens (primary N) is 1. The van der Waals surface area contributed by atoms with E-state index in [0.29, 0.717) is 11.5 Å². The van der Waals surface area contributed by atoms with Gasteiger partial charge in [0.15, 0.2) is 5.01 Å². The molecule has 0 atom stereocenters. The molecule has 1 aromatic carbocycles. The Kier molecular flexibility index (Phi) is 7.36. The van der Waals surface area contributed by atoms with Gasteiger partial charge in [-0.25, -0.2) is 4.79 Å². The van der Waals surface area contributed by atoms with E-state index >= 15 is 0 Å². The Morgan fingerprint density at radius 1 is 1.17 bits per heavy atom. The number of carbonyl (C=O) groups is 2. The van der Waals surface area contributed by atoms with Crippen LogP contribution in [0.3, 0.4) is 0 Å². The summed E-state index contributed by atoms with van der Waals surface area (Å²) >= 11 is 1.02. The predicted octanol–water partition coefficient (Wildman–Crippen LogP) is 2.17. The van der Waals surface area contributed by atoms with Crippen LogP contribution in [0.2, 0.25) is 0 Å². The van der Waals surface area contributed by atoms with Crippen LogP contribution in [0.5, 0.6) is 5.75 Å². The molecule has 0 saturated carbocycles. The molecule has 186 valence electrons. The van der Waals surface area contributed by atoms with E-state index in [1.807, 2.05) is 6.07 Å². The lowest BCUT2D eigenvalue weighted by Gasteiger charge is -2.16.